The molecule has 198 valence electrons. The Morgan fingerprint density at radius 1 is 0.811 bits per heavy atom. The molecule has 37 heavy (non-hydrogen) atoms. The number of para-hydroxylation sites is 1. The van der Waals surface area contributed by atoms with Gasteiger partial charge in [0.2, 0.25) is 0 Å². The average molecular weight is 524 g/mol. The quantitative estimate of drug-likeness (QED) is 0.139. The van der Waals surface area contributed by atoms with Gasteiger partial charge in [0, 0.05) is 5.69 Å². The van der Waals surface area contributed by atoms with E-state index in [1.165, 1.54) is 38.5 Å². The van der Waals surface area contributed by atoms with E-state index in [9.17, 15) is 19.1 Å². The fourth-order valence-electron chi connectivity index (χ4n) is 4.35. The zero-order chi connectivity index (χ0) is 26.5. The summed E-state index contributed by atoms with van der Waals surface area (Å²) >= 11 is 0. The maximum absolute atomic E-state index is 13.6. The number of unbranched alkanes of at least 4 members (excludes halogenated alkanes) is 7. The van der Waals surface area contributed by atoms with Crippen LogP contribution in [0.3, 0.4) is 0 Å². The van der Waals surface area contributed by atoms with Crippen LogP contribution in [0.15, 0.2) is 72.8 Å². The van der Waals surface area contributed by atoms with E-state index in [0.717, 1.165) is 24.0 Å². The first-order valence-electron chi connectivity index (χ1n) is 13.1. The number of carbonyl (C=O) groups excluding carboxylic acids is 1. The Balaban J connectivity index is 1.77. The third-order valence-corrected chi connectivity index (χ3v) is 6.99. The van der Waals surface area contributed by atoms with E-state index in [1.807, 2.05) is 42.5 Å². The Kier molecular flexibility index (Phi) is 11.4. The highest BCUT2D eigenvalue weighted by Crippen LogP contribution is 2.41. The number of rotatable bonds is 15. The normalized spacial score (nSPS) is 11.3. The van der Waals surface area contributed by atoms with Crippen molar-refractivity contribution in [2.24, 2.45) is 0 Å². The van der Waals surface area contributed by atoms with Crippen LogP contribution in [0.1, 0.15) is 74.2 Å². The van der Waals surface area contributed by atoms with Gasteiger partial charge in [-0.1, -0.05) is 113 Å². The lowest BCUT2D eigenvalue weighted by molar-refractivity contribution is 0.102. The van der Waals surface area contributed by atoms with Crippen LogP contribution >= 0.6 is 7.60 Å². The molecule has 0 saturated carbocycles. The highest BCUT2D eigenvalue weighted by atomic mass is 31.2. The molecule has 0 aromatic heterocycles. The first-order chi connectivity index (χ1) is 17.9. The molecule has 1 amide bonds. The van der Waals surface area contributed by atoms with Crippen LogP contribution in [-0.4, -0.2) is 22.3 Å². The van der Waals surface area contributed by atoms with Crippen molar-refractivity contribution in [3.8, 4) is 16.9 Å². The second-order valence-corrected chi connectivity index (χ2v) is 10.9. The summed E-state index contributed by atoms with van der Waals surface area (Å²) in [5, 5.41) is 2.87. The molecule has 0 fully saturated rings. The third-order valence-electron chi connectivity index (χ3n) is 6.24. The molecule has 0 saturated heterocycles. The van der Waals surface area contributed by atoms with Crippen LogP contribution in [0, 0.1) is 0 Å². The van der Waals surface area contributed by atoms with Crippen LogP contribution in [-0.2, 0) is 10.7 Å². The minimum Gasteiger partial charge on any atom is -0.493 e. The summed E-state index contributed by atoms with van der Waals surface area (Å²) < 4.78 is 17.8. The lowest BCUT2D eigenvalue weighted by Gasteiger charge is -2.17. The number of nitrogens with one attached hydrogen (secondary N) is 1. The first kappa shape index (κ1) is 28.6. The van der Waals surface area contributed by atoms with Gasteiger partial charge in [-0.25, -0.2) is 0 Å². The summed E-state index contributed by atoms with van der Waals surface area (Å²) in [7, 11) is -4.31. The predicted octanol–water partition coefficient (Wildman–Crippen LogP) is 7.80. The van der Waals surface area contributed by atoms with Crippen molar-refractivity contribution >= 4 is 19.2 Å². The molecule has 0 atom stereocenters. The number of hydrogen-bond acceptors (Lipinski definition) is 3. The van der Waals surface area contributed by atoms with E-state index in [2.05, 4.69) is 12.2 Å². The van der Waals surface area contributed by atoms with Gasteiger partial charge in [-0.05, 0) is 35.2 Å². The Morgan fingerprint density at radius 2 is 1.46 bits per heavy atom. The molecule has 0 spiro atoms. The number of ether oxygens (including phenoxy) is 1. The maximum atomic E-state index is 13.6. The van der Waals surface area contributed by atoms with Gasteiger partial charge >= 0.3 is 7.60 Å². The molecule has 0 aliphatic heterocycles. The van der Waals surface area contributed by atoms with Crippen molar-refractivity contribution in [3.05, 3.63) is 83.9 Å². The highest BCUT2D eigenvalue weighted by molar-refractivity contribution is 7.50. The van der Waals surface area contributed by atoms with Crippen molar-refractivity contribution in [1.82, 2.24) is 0 Å². The topological polar surface area (TPSA) is 95.9 Å². The highest BCUT2D eigenvalue weighted by Gasteiger charge is 2.22. The van der Waals surface area contributed by atoms with E-state index in [-0.39, 0.29) is 5.91 Å². The Bertz CT molecular complexity index is 1180. The summed E-state index contributed by atoms with van der Waals surface area (Å²) in [5.74, 6) is 0.109. The SMILES string of the molecule is CCCCCCCCCCOc1cccc(-c2ccccc2)c1C(=O)Nc1ccccc1CP(=O)(O)O. The average Bonchev–Trinajstić information content (AvgIpc) is 2.88. The van der Waals surface area contributed by atoms with Gasteiger partial charge in [0.25, 0.3) is 5.91 Å². The minimum atomic E-state index is -4.31. The predicted molar refractivity (Wildman–Crippen MR) is 150 cm³/mol. The van der Waals surface area contributed by atoms with Crippen molar-refractivity contribution < 1.29 is 23.9 Å². The van der Waals surface area contributed by atoms with Crippen LogP contribution in [0.4, 0.5) is 5.69 Å². The molecule has 3 aromatic rings. The Labute approximate surface area is 220 Å². The van der Waals surface area contributed by atoms with E-state index >= 15 is 0 Å². The number of amides is 1. The monoisotopic (exact) mass is 523 g/mol. The molecular formula is C30H38NO5P. The van der Waals surface area contributed by atoms with Crippen molar-refractivity contribution in [2.45, 2.75) is 64.5 Å². The zero-order valence-corrected chi connectivity index (χ0v) is 22.5. The molecule has 3 rings (SSSR count). The zero-order valence-electron chi connectivity index (χ0n) is 21.6. The smallest absolute Gasteiger partial charge is 0.329 e. The molecule has 0 aliphatic rings. The van der Waals surface area contributed by atoms with Crippen LogP contribution in [0.5, 0.6) is 5.75 Å². The van der Waals surface area contributed by atoms with Crippen LogP contribution in [0.25, 0.3) is 11.1 Å². The van der Waals surface area contributed by atoms with Gasteiger partial charge in [-0.15, -0.1) is 0 Å². The molecule has 3 aromatic carbocycles. The van der Waals surface area contributed by atoms with Crippen LogP contribution < -0.4 is 10.1 Å². The van der Waals surface area contributed by atoms with E-state index in [1.54, 1.807) is 30.3 Å². The lowest BCUT2D eigenvalue weighted by Crippen LogP contribution is -2.16. The summed E-state index contributed by atoms with van der Waals surface area (Å²) in [4.78, 5) is 32.6. The fourth-order valence-corrected chi connectivity index (χ4v) is 5.07. The third kappa shape index (κ3) is 9.47. The molecular weight excluding hydrogens is 485 g/mol. The summed E-state index contributed by atoms with van der Waals surface area (Å²) in [6.07, 6.45) is 9.10. The van der Waals surface area contributed by atoms with E-state index in [0.29, 0.717) is 29.2 Å². The minimum absolute atomic E-state index is 0.368. The molecule has 6 nitrogen and oxygen atoms in total. The molecule has 7 heteroatoms. The Morgan fingerprint density at radius 3 is 2.16 bits per heavy atom. The Hall–Kier alpha value is -2.92. The summed E-state index contributed by atoms with van der Waals surface area (Å²) in [6, 6.07) is 21.9. The van der Waals surface area contributed by atoms with Gasteiger partial charge < -0.3 is 19.8 Å². The fraction of sp³-hybridized carbons (Fsp3) is 0.367. The van der Waals surface area contributed by atoms with Gasteiger partial charge in [0.05, 0.1) is 18.3 Å². The summed E-state index contributed by atoms with van der Waals surface area (Å²) in [6.45, 7) is 2.74. The van der Waals surface area contributed by atoms with Gasteiger partial charge in [0.1, 0.15) is 5.75 Å². The standard InChI is InChI=1S/C30H38NO5P/c1-2-3-4-5-6-7-8-14-22-36-28-21-15-19-26(24-16-10-9-11-17-24)29(28)30(32)31-27-20-13-12-18-25(27)23-37(33,34)35/h9-13,15-21H,2-8,14,22-23H2,1H3,(H,31,32)(H2,33,34,35). The second kappa shape index (κ2) is 14.7. The largest absolute Gasteiger partial charge is 0.493 e. The molecule has 3 N–H and O–H groups in total. The van der Waals surface area contributed by atoms with Crippen molar-refractivity contribution in [1.29, 1.82) is 0 Å². The molecule has 0 unspecified atom stereocenters. The van der Waals surface area contributed by atoms with Gasteiger partial charge in [-0.3, -0.25) is 9.36 Å². The second-order valence-electron chi connectivity index (χ2n) is 9.30. The maximum Gasteiger partial charge on any atom is 0.329 e. The van der Waals surface area contributed by atoms with Gasteiger partial charge in [-0.2, -0.15) is 0 Å². The summed E-state index contributed by atoms with van der Waals surface area (Å²) in [5.41, 5.74) is 2.77. The van der Waals surface area contributed by atoms with Crippen molar-refractivity contribution in [2.75, 3.05) is 11.9 Å². The number of benzene rings is 3. The van der Waals surface area contributed by atoms with Crippen LogP contribution in [0.2, 0.25) is 0 Å². The molecule has 0 heterocycles. The lowest BCUT2D eigenvalue weighted by atomic mass is 9.98. The number of anilines is 1. The molecule has 0 radical (unpaired) electrons. The van der Waals surface area contributed by atoms with Crippen molar-refractivity contribution in [3.63, 3.8) is 0 Å². The van der Waals surface area contributed by atoms with E-state index in [4.69, 9.17) is 4.74 Å². The first-order valence-corrected chi connectivity index (χ1v) is 14.9. The molecule has 0 bridgehead atoms. The van der Waals surface area contributed by atoms with E-state index < -0.39 is 13.8 Å². The molecule has 0 aliphatic carbocycles. The number of hydrogen-bond donors (Lipinski definition) is 3. The van der Waals surface area contributed by atoms with Gasteiger partial charge in [0.15, 0.2) is 0 Å². The number of carbonyl (C=O) groups is 1.